The topological polar surface area (TPSA) is 12.0 Å². The molecule has 1 rings (SSSR count). The van der Waals surface area contributed by atoms with Crippen molar-refractivity contribution in [1.82, 2.24) is 5.32 Å². The average molecular weight is 232 g/mol. The van der Waals surface area contributed by atoms with E-state index < -0.39 is 0 Å². The Kier molecular flexibility index (Phi) is 6.24. The summed E-state index contributed by atoms with van der Waals surface area (Å²) in [5.41, 5.74) is 1.38. The molecule has 1 atom stereocenters. The predicted molar refractivity (Wildman–Crippen MR) is 65.1 cm³/mol. The Morgan fingerprint density at radius 3 is 3.00 bits per heavy atom. The van der Waals surface area contributed by atoms with Crippen molar-refractivity contribution >= 4 is 22.9 Å². The summed E-state index contributed by atoms with van der Waals surface area (Å²) in [6.07, 6.45) is 2.33. The predicted octanol–water partition coefficient (Wildman–Crippen LogP) is 3.49. The molecule has 1 N–H and O–H groups in total. The van der Waals surface area contributed by atoms with Gasteiger partial charge in [-0.25, -0.2) is 0 Å². The summed E-state index contributed by atoms with van der Waals surface area (Å²) in [7, 11) is 0. The number of alkyl halides is 1. The van der Waals surface area contributed by atoms with Gasteiger partial charge in [0.15, 0.2) is 0 Å². The second-order valence-corrected chi connectivity index (χ2v) is 4.67. The van der Waals surface area contributed by atoms with Crippen LogP contribution in [0.25, 0.3) is 0 Å². The molecule has 0 aromatic carbocycles. The molecule has 0 aliphatic rings. The van der Waals surface area contributed by atoms with Crippen LogP contribution < -0.4 is 5.32 Å². The maximum Gasteiger partial charge on any atom is 0.0226 e. The van der Waals surface area contributed by atoms with E-state index in [1.807, 2.05) is 0 Å². The van der Waals surface area contributed by atoms with Crippen LogP contribution in [0.2, 0.25) is 0 Å². The van der Waals surface area contributed by atoms with Crippen molar-refractivity contribution in [3.05, 3.63) is 22.4 Å². The van der Waals surface area contributed by atoms with Crippen molar-refractivity contribution in [2.24, 2.45) is 5.92 Å². The second-order valence-electron chi connectivity index (χ2n) is 3.51. The SMILES string of the molecule is CCC(CCCl)CNCc1ccsc1. The van der Waals surface area contributed by atoms with Crippen molar-refractivity contribution in [3.8, 4) is 0 Å². The zero-order valence-corrected chi connectivity index (χ0v) is 10.2. The molecule has 0 aliphatic carbocycles. The lowest BCUT2D eigenvalue weighted by Crippen LogP contribution is -2.22. The van der Waals surface area contributed by atoms with Gasteiger partial charge in [0.2, 0.25) is 0 Å². The minimum Gasteiger partial charge on any atom is -0.312 e. The van der Waals surface area contributed by atoms with Crippen LogP contribution in [0.1, 0.15) is 25.3 Å². The molecule has 0 fully saturated rings. The van der Waals surface area contributed by atoms with Gasteiger partial charge in [-0.15, -0.1) is 11.6 Å². The van der Waals surface area contributed by atoms with Crippen molar-refractivity contribution < 1.29 is 0 Å². The van der Waals surface area contributed by atoms with Crippen LogP contribution >= 0.6 is 22.9 Å². The Hall–Kier alpha value is -0.0500. The van der Waals surface area contributed by atoms with E-state index in [9.17, 15) is 0 Å². The van der Waals surface area contributed by atoms with E-state index in [0.29, 0.717) is 0 Å². The number of nitrogens with one attached hydrogen (secondary N) is 1. The van der Waals surface area contributed by atoms with Crippen LogP contribution in [0, 0.1) is 5.92 Å². The Bertz CT molecular complexity index is 223. The Labute approximate surface area is 95.5 Å². The van der Waals surface area contributed by atoms with Crippen molar-refractivity contribution in [1.29, 1.82) is 0 Å². The van der Waals surface area contributed by atoms with E-state index in [2.05, 4.69) is 29.1 Å². The maximum atomic E-state index is 5.73. The first kappa shape index (κ1) is 12.0. The fourth-order valence-corrected chi connectivity index (χ4v) is 2.40. The highest BCUT2D eigenvalue weighted by molar-refractivity contribution is 7.07. The van der Waals surface area contributed by atoms with E-state index in [4.69, 9.17) is 11.6 Å². The Morgan fingerprint density at radius 1 is 1.57 bits per heavy atom. The molecule has 1 unspecified atom stereocenters. The number of thiophene rings is 1. The van der Waals surface area contributed by atoms with Crippen LogP contribution in [-0.4, -0.2) is 12.4 Å². The van der Waals surface area contributed by atoms with Crippen molar-refractivity contribution in [2.45, 2.75) is 26.3 Å². The molecular weight excluding hydrogens is 214 g/mol. The monoisotopic (exact) mass is 231 g/mol. The van der Waals surface area contributed by atoms with Gasteiger partial charge in [0.1, 0.15) is 0 Å². The molecule has 1 nitrogen and oxygen atoms in total. The minimum absolute atomic E-state index is 0.728. The molecule has 0 saturated heterocycles. The highest BCUT2D eigenvalue weighted by atomic mass is 35.5. The summed E-state index contributed by atoms with van der Waals surface area (Å²) in [5, 5.41) is 7.78. The Balaban J connectivity index is 2.13. The lowest BCUT2D eigenvalue weighted by Gasteiger charge is -2.13. The van der Waals surface area contributed by atoms with Crippen molar-refractivity contribution in [3.63, 3.8) is 0 Å². The molecule has 1 heterocycles. The molecule has 0 radical (unpaired) electrons. The fraction of sp³-hybridized carbons (Fsp3) is 0.636. The average Bonchev–Trinajstić information content (AvgIpc) is 2.69. The van der Waals surface area contributed by atoms with Crippen molar-refractivity contribution in [2.75, 3.05) is 12.4 Å². The van der Waals surface area contributed by atoms with Crippen LogP contribution in [0.3, 0.4) is 0 Å². The summed E-state index contributed by atoms with van der Waals surface area (Å²) >= 11 is 7.48. The number of rotatable bonds is 7. The maximum absolute atomic E-state index is 5.73. The van der Waals surface area contributed by atoms with E-state index >= 15 is 0 Å². The first-order valence-corrected chi connectivity index (χ1v) is 6.62. The third kappa shape index (κ3) is 4.45. The lowest BCUT2D eigenvalue weighted by atomic mass is 10.0. The number of hydrogen-bond donors (Lipinski definition) is 1. The molecule has 0 spiro atoms. The van der Waals surface area contributed by atoms with E-state index in [0.717, 1.165) is 31.3 Å². The molecule has 0 amide bonds. The standard InChI is InChI=1S/C11H18ClNS/c1-2-10(3-5-12)7-13-8-11-4-6-14-9-11/h4,6,9-10,13H,2-3,5,7-8H2,1H3. The lowest BCUT2D eigenvalue weighted by molar-refractivity contribution is 0.451. The van der Waals surface area contributed by atoms with Gasteiger partial charge >= 0.3 is 0 Å². The second kappa shape index (κ2) is 7.27. The van der Waals surface area contributed by atoms with Crippen LogP contribution in [0.15, 0.2) is 16.8 Å². The largest absolute Gasteiger partial charge is 0.312 e. The fourth-order valence-electron chi connectivity index (χ4n) is 1.42. The van der Waals surface area contributed by atoms with Gasteiger partial charge in [0, 0.05) is 12.4 Å². The van der Waals surface area contributed by atoms with E-state index in [1.165, 1.54) is 12.0 Å². The number of halogens is 1. The smallest absolute Gasteiger partial charge is 0.0226 e. The molecule has 0 aliphatic heterocycles. The van der Waals surface area contributed by atoms with Gasteiger partial charge in [0.05, 0.1) is 0 Å². The summed E-state index contributed by atoms with van der Waals surface area (Å²) < 4.78 is 0. The molecule has 1 aromatic rings. The van der Waals surface area contributed by atoms with Gasteiger partial charge in [-0.05, 0) is 41.3 Å². The molecule has 0 bridgehead atoms. The molecule has 1 aromatic heterocycles. The summed E-state index contributed by atoms with van der Waals surface area (Å²) in [5.74, 6) is 1.50. The van der Waals surface area contributed by atoms with E-state index in [-0.39, 0.29) is 0 Å². The van der Waals surface area contributed by atoms with E-state index in [1.54, 1.807) is 11.3 Å². The highest BCUT2D eigenvalue weighted by Gasteiger charge is 2.04. The first-order chi connectivity index (χ1) is 6.86. The quantitative estimate of drug-likeness (QED) is 0.709. The van der Waals surface area contributed by atoms with Crippen LogP contribution in [0.5, 0.6) is 0 Å². The third-order valence-electron chi connectivity index (χ3n) is 2.44. The zero-order chi connectivity index (χ0) is 10.2. The van der Waals surface area contributed by atoms with Crippen LogP contribution in [-0.2, 0) is 6.54 Å². The third-order valence-corrected chi connectivity index (χ3v) is 3.39. The minimum atomic E-state index is 0.728. The summed E-state index contributed by atoms with van der Waals surface area (Å²) in [6, 6.07) is 2.17. The summed E-state index contributed by atoms with van der Waals surface area (Å²) in [6.45, 7) is 4.30. The highest BCUT2D eigenvalue weighted by Crippen LogP contribution is 2.09. The molecule has 80 valence electrons. The zero-order valence-electron chi connectivity index (χ0n) is 8.63. The molecule has 14 heavy (non-hydrogen) atoms. The van der Waals surface area contributed by atoms with Gasteiger partial charge in [-0.2, -0.15) is 11.3 Å². The van der Waals surface area contributed by atoms with Gasteiger partial charge in [-0.1, -0.05) is 13.3 Å². The number of hydrogen-bond acceptors (Lipinski definition) is 2. The van der Waals surface area contributed by atoms with Gasteiger partial charge < -0.3 is 5.32 Å². The molecule has 0 saturated carbocycles. The molecule has 3 heteroatoms. The van der Waals surface area contributed by atoms with Crippen LogP contribution in [0.4, 0.5) is 0 Å². The molecular formula is C11H18ClNS. The Morgan fingerprint density at radius 2 is 2.43 bits per heavy atom. The first-order valence-electron chi connectivity index (χ1n) is 5.14. The summed E-state index contributed by atoms with van der Waals surface area (Å²) in [4.78, 5) is 0. The van der Waals surface area contributed by atoms with Gasteiger partial charge in [0.25, 0.3) is 0 Å². The van der Waals surface area contributed by atoms with Gasteiger partial charge in [-0.3, -0.25) is 0 Å². The normalized spacial score (nSPS) is 13.0.